The number of nitrogens with zero attached hydrogens (tertiary/aromatic N) is 2. The summed E-state index contributed by atoms with van der Waals surface area (Å²) in [5, 5.41) is 2.66. The van der Waals surface area contributed by atoms with Crippen LogP contribution in [0, 0.1) is 0 Å². The van der Waals surface area contributed by atoms with Gasteiger partial charge in [0, 0.05) is 6.20 Å². The first kappa shape index (κ1) is 26.3. The molecule has 1 aromatic heterocycles. The van der Waals surface area contributed by atoms with E-state index in [0.717, 1.165) is 32.1 Å². The van der Waals surface area contributed by atoms with Crippen molar-refractivity contribution in [3.63, 3.8) is 0 Å². The summed E-state index contributed by atoms with van der Waals surface area (Å²) in [7, 11) is -4.07. The van der Waals surface area contributed by atoms with Gasteiger partial charge in [-0.15, -0.1) is 0 Å². The standard InChI is InChI=1S/C23H31N4O8P/c1-16(22(28)33-17-8-4-2-5-9-17)26-36(30,35-18-10-6-3-7-11-18)32-15-21-31-14-20(34-21)27-13-12-19(24)25-23(27)29/h3,6-7,10-13,16-17,20-21H,2,4-5,8-9,14-15H2,1H3,(H,26,30)(H2,24,25,29)/t16-,20-,21-,36+/m0/s1. The molecule has 0 bridgehead atoms. The summed E-state index contributed by atoms with van der Waals surface area (Å²) in [5.74, 6) is -0.158. The molecule has 1 saturated carbocycles. The summed E-state index contributed by atoms with van der Waals surface area (Å²) in [4.78, 5) is 28.4. The predicted molar refractivity (Wildman–Crippen MR) is 129 cm³/mol. The highest BCUT2D eigenvalue weighted by atomic mass is 31.2. The fourth-order valence-corrected chi connectivity index (χ4v) is 5.41. The molecule has 4 atom stereocenters. The van der Waals surface area contributed by atoms with Gasteiger partial charge < -0.3 is 24.5 Å². The minimum absolute atomic E-state index is 0.0426. The number of hydrogen-bond acceptors (Lipinski definition) is 10. The highest BCUT2D eigenvalue weighted by Gasteiger charge is 2.36. The maximum atomic E-state index is 13.6. The molecule has 0 amide bonds. The number of ether oxygens (including phenoxy) is 3. The van der Waals surface area contributed by atoms with Crippen LogP contribution in [0.1, 0.15) is 45.3 Å². The molecule has 3 N–H and O–H groups in total. The van der Waals surface area contributed by atoms with Crippen molar-refractivity contribution >= 4 is 19.5 Å². The summed E-state index contributed by atoms with van der Waals surface area (Å²) in [6.07, 6.45) is 4.39. The first-order valence-electron chi connectivity index (χ1n) is 11.9. The van der Waals surface area contributed by atoms with E-state index >= 15 is 0 Å². The van der Waals surface area contributed by atoms with E-state index in [-0.39, 0.29) is 30.9 Å². The molecule has 2 heterocycles. The Morgan fingerprint density at radius 2 is 2.00 bits per heavy atom. The van der Waals surface area contributed by atoms with Crippen LogP contribution in [0.5, 0.6) is 5.75 Å². The monoisotopic (exact) mass is 522 g/mol. The number of esters is 1. The topological polar surface area (TPSA) is 153 Å². The molecule has 1 aliphatic carbocycles. The van der Waals surface area contributed by atoms with Gasteiger partial charge in [-0.1, -0.05) is 24.6 Å². The lowest BCUT2D eigenvalue weighted by atomic mass is 9.98. The molecule has 0 unspecified atom stereocenters. The number of nitrogens with one attached hydrogen (secondary N) is 1. The summed E-state index contributed by atoms with van der Waals surface area (Å²) in [6.45, 7) is 1.28. The maximum absolute atomic E-state index is 13.6. The molecule has 0 spiro atoms. The van der Waals surface area contributed by atoms with Crippen LogP contribution in [0.4, 0.5) is 5.82 Å². The van der Waals surface area contributed by atoms with Crippen molar-refractivity contribution in [2.45, 2.75) is 63.7 Å². The van der Waals surface area contributed by atoms with Crippen molar-refractivity contribution in [1.82, 2.24) is 14.6 Å². The lowest BCUT2D eigenvalue weighted by molar-refractivity contribution is -0.152. The van der Waals surface area contributed by atoms with E-state index in [1.165, 1.54) is 23.8 Å². The third-order valence-electron chi connectivity index (χ3n) is 5.79. The Balaban J connectivity index is 1.38. The number of carbonyl (C=O) groups excluding carboxylic acids is 1. The third kappa shape index (κ3) is 7.14. The Kier molecular flexibility index (Phi) is 8.76. The molecule has 1 aromatic carbocycles. The number of carbonyl (C=O) groups is 1. The molecule has 2 aliphatic rings. The Hall–Kier alpha value is -2.76. The van der Waals surface area contributed by atoms with Gasteiger partial charge in [0.15, 0.2) is 12.5 Å². The van der Waals surface area contributed by atoms with Gasteiger partial charge in [-0.05, 0) is 50.8 Å². The number of nitrogen functional groups attached to an aromatic ring is 1. The van der Waals surface area contributed by atoms with Gasteiger partial charge in [0.2, 0.25) is 0 Å². The maximum Gasteiger partial charge on any atom is 0.459 e. The molecule has 2 fully saturated rings. The van der Waals surface area contributed by atoms with Crippen molar-refractivity contribution in [1.29, 1.82) is 0 Å². The zero-order valence-corrected chi connectivity index (χ0v) is 20.9. The number of nitrogens with two attached hydrogens (primary N) is 1. The SMILES string of the molecule is C[C@H](N[P@@](=O)(OC[C@H]1OC[C@@H](n2ccc(N)nc2=O)O1)Oc1ccccc1)C(=O)OC1CCCCC1. The Labute approximate surface area is 208 Å². The van der Waals surface area contributed by atoms with Gasteiger partial charge in [0.1, 0.15) is 30.3 Å². The third-order valence-corrected chi connectivity index (χ3v) is 7.43. The van der Waals surface area contributed by atoms with Gasteiger partial charge in [-0.3, -0.25) is 13.9 Å². The molecule has 1 saturated heterocycles. The Morgan fingerprint density at radius 1 is 1.25 bits per heavy atom. The van der Waals surface area contributed by atoms with Gasteiger partial charge in [-0.25, -0.2) is 9.36 Å². The zero-order valence-electron chi connectivity index (χ0n) is 20.0. The molecular weight excluding hydrogens is 491 g/mol. The lowest BCUT2D eigenvalue weighted by Crippen LogP contribution is -2.38. The van der Waals surface area contributed by atoms with E-state index < -0.39 is 38.0 Å². The molecule has 2 aromatic rings. The van der Waals surface area contributed by atoms with Gasteiger partial charge in [-0.2, -0.15) is 10.1 Å². The van der Waals surface area contributed by atoms with Crippen LogP contribution >= 0.6 is 7.75 Å². The second-order valence-corrected chi connectivity index (χ2v) is 10.3. The number of rotatable bonds is 10. The van der Waals surface area contributed by atoms with Crippen LogP contribution in [-0.4, -0.2) is 47.2 Å². The second-order valence-electron chi connectivity index (χ2n) is 8.64. The fourth-order valence-electron chi connectivity index (χ4n) is 3.93. The summed E-state index contributed by atoms with van der Waals surface area (Å²) in [5.41, 5.74) is 4.94. The molecular formula is C23H31N4O8P. The molecule has 196 valence electrons. The van der Waals surface area contributed by atoms with E-state index in [9.17, 15) is 14.2 Å². The Bertz CT molecular complexity index is 1120. The van der Waals surface area contributed by atoms with Gasteiger partial charge in [0.25, 0.3) is 0 Å². The minimum Gasteiger partial charge on any atom is -0.461 e. The van der Waals surface area contributed by atoms with Crippen molar-refractivity contribution in [3.8, 4) is 5.75 Å². The predicted octanol–water partition coefficient (Wildman–Crippen LogP) is 2.75. The van der Waals surface area contributed by atoms with Crippen molar-refractivity contribution in [2.24, 2.45) is 0 Å². The van der Waals surface area contributed by atoms with E-state index in [2.05, 4.69) is 10.1 Å². The average molecular weight is 522 g/mol. The number of aromatic nitrogens is 2. The number of benzene rings is 1. The summed E-state index contributed by atoms with van der Waals surface area (Å²) in [6, 6.07) is 8.95. The molecule has 0 radical (unpaired) electrons. The van der Waals surface area contributed by atoms with Crippen LogP contribution in [0.3, 0.4) is 0 Å². The van der Waals surface area contributed by atoms with Crippen molar-refractivity contribution in [3.05, 3.63) is 53.1 Å². The summed E-state index contributed by atoms with van der Waals surface area (Å²) >= 11 is 0. The highest BCUT2D eigenvalue weighted by Crippen LogP contribution is 2.45. The van der Waals surface area contributed by atoms with E-state index in [1.807, 2.05) is 0 Å². The zero-order chi connectivity index (χ0) is 25.5. The number of anilines is 1. The van der Waals surface area contributed by atoms with E-state index in [4.69, 9.17) is 29.0 Å². The highest BCUT2D eigenvalue weighted by molar-refractivity contribution is 7.52. The normalized spacial score (nSPS) is 23.0. The van der Waals surface area contributed by atoms with E-state index in [0.29, 0.717) is 0 Å². The lowest BCUT2D eigenvalue weighted by Gasteiger charge is -2.26. The smallest absolute Gasteiger partial charge is 0.459 e. The summed E-state index contributed by atoms with van der Waals surface area (Å²) < 4.78 is 42.9. The first-order valence-corrected chi connectivity index (χ1v) is 13.4. The average Bonchev–Trinajstić information content (AvgIpc) is 3.33. The van der Waals surface area contributed by atoms with Crippen LogP contribution in [0.15, 0.2) is 47.4 Å². The van der Waals surface area contributed by atoms with E-state index in [1.54, 1.807) is 30.3 Å². The number of para-hydroxylation sites is 1. The molecule has 4 rings (SSSR count). The molecule has 12 nitrogen and oxygen atoms in total. The van der Waals surface area contributed by atoms with Crippen LogP contribution in [0.25, 0.3) is 0 Å². The van der Waals surface area contributed by atoms with Crippen molar-refractivity contribution in [2.75, 3.05) is 18.9 Å². The Morgan fingerprint density at radius 3 is 2.72 bits per heavy atom. The van der Waals surface area contributed by atoms with Gasteiger partial charge in [0.05, 0.1) is 6.61 Å². The number of hydrogen-bond donors (Lipinski definition) is 2. The first-order chi connectivity index (χ1) is 17.3. The second kappa shape index (κ2) is 12.0. The minimum atomic E-state index is -4.07. The molecule has 1 aliphatic heterocycles. The quantitative estimate of drug-likeness (QED) is 0.350. The van der Waals surface area contributed by atoms with Gasteiger partial charge >= 0.3 is 19.4 Å². The molecule has 13 heteroatoms. The fraction of sp³-hybridized carbons (Fsp3) is 0.522. The van der Waals surface area contributed by atoms with Crippen molar-refractivity contribution < 1.29 is 32.6 Å². The molecule has 36 heavy (non-hydrogen) atoms. The largest absolute Gasteiger partial charge is 0.461 e. The van der Waals surface area contributed by atoms with Crippen LogP contribution < -0.4 is 21.0 Å². The van der Waals surface area contributed by atoms with Crippen LogP contribution in [-0.2, 0) is 28.1 Å². The van der Waals surface area contributed by atoms with Crippen LogP contribution in [0.2, 0.25) is 0 Å².